The van der Waals surface area contributed by atoms with Crippen molar-refractivity contribution in [2.45, 2.75) is 51.0 Å². The van der Waals surface area contributed by atoms with Gasteiger partial charge in [0.05, 0.1) is 0 Å². The molecule has 3 heterocycles. The Morgan fingerprint density at radius 3 is 2.59 bits per heavy atom. The highest BCUT2D eigenvalue weighted by atomic mass is 35.5. The number of anilines is 1. The molecule has 2 fully saturated rings. The maximum atomic E-state index is 12.8. The summed E-state index contributed by atoms with van der Waals surface area (Å²) in [6.07, 6.45) is 10.3. The predicted octanol–water partition coefficient (Wildman–Crippen LogP) is 7.11. The monoisotopic (exact) mass is 465 g/mol. The number of halogens is 1. The average Bonchev–Trinajstić information content (AvgIpc) is 3.52. The first-order valence-electron chi connectivity index (χ1n) is 11.6. The first-order chi connectivity index (χ1) is 15.7. The van der Waals surface area contributed by atoms with Gasteiger partial charge < -0.3 is 10.2 Å². The lowest BCUT2D eigenvalue weighted by atomic mass is 10.0. The summed E-state index contributed by atoms with van der Waals surface area (Å²) in [6, 6.07) is 12.6. The van der Waals surface area contributed by atoms with Crippen LogP contribution in [0.5, 0.6) is 0 Å². The third-order valence-electron chi connectivity index (χ3n) is 6.52. The standard InChI is InChI=1S/C26H28ClN3OS/c27-23-14-19(26(31)30-12-4-1-5-13-30)8-9-22(23)20-15-24(32-17-20)18-10-11-28-25(16-18)29-21-6-2-3-7-21/h8-11,14-17,21H,1-7,12-13H2,(H,28,29). The van der Waals surface area contributed by atoms with Gasteiger partial charge >= 0.3 is 0 Å². The van der Waals surface area contributed by atoms with Gasteiger partial charge in [-0.2, -0.15) is 0 Å². The molecule has 1 aromatic carbocycles. The first-order valence-corrected chi connectivity index (χ1v) is 12.8. The number of aromatic nitrogens is 1. The van der Waals surface area contributed by atoms with Gasteiger partial charge in [0.1, 0.15) is 5.82 Å². The van der Waals surface area contributed by atoms with Gasteiger partial charge in [0.15, 0.2) is 0 Å². The molecule has 1 aliphatic carbocycles. The van der Waals surface area contributed by atoms with Crippen molar-refractivity contribution in [3.63, 3.8) is 0 Å². The molecule has 1 saturated heterocycles. The molecule has 0 atom stereocenters. The van der Waals surface area contributed by atoms with E-state index in [0.29, 0.717) is 16.6 Å². The highest BCUT2D eigenvalue weighted by Crippen LogP contribution is 2.37. The fourth-order valence-corrected chi connectivity index (χ4v) is 5.93. The Labute approximate surface area is 198 Å². The second-order valence-electron chi connectivity index (χ2n) is 8.80. The lowest BCUT2D eigenvalue weighted by Gasteiger charge is -2.26. The van der Waals surface area contributed by atoms with Gasteiger partial charge in [-0.3, -0.25) is 4.79 Å². The number of thiophene rings is 1. The third kappa shape index (κ3) is 4.69. The fourth-order valence-electron chi connectivity index (χ4n) is 4.73. The smallest absolute Gasteiger partial charge is 0.253 e. The number of nitrogens with zero attached hydrogens (tertiary/aromatic N) is 2. The number of benzene rings is 1. The van der Waals surface area contributed by atoms with Gasteiger partial charge in [0.25, 0.3) is 5.91 Å². The van der Waals surface area contributed by atoms with Crippen LogP contribution in [-0.4, -0.2) is 34.9 Å². The molecule has 32 heavy (non-hydrogen) atoms. The molecule has 2 aliphatic rings. The van der Waals surface area contributed by atoms with Gasteiger partial charge in [-0.05, 0) is 78.9 Å². The Balaban J connectivity index is 1.33. The average molecular weight is 466 g/mol. The number of amides is 1. The van der Waals surface area contributed by atoms with Crippen molar-refractivity contribution < 1.29 is 4.79 Å². The summed E-state index contributed by atoms with van der Waals surface area (Å²) in [5, 5.41) is 6.33. The molecular weight excluding hydrogens is 438 g/mol. The van der Waals surface area contributed by atoms with Crippen molar-refractivity contribution in [3.8, 4) is 21.6 Å². The zero-order valence-corrected chi connectivity index (χ0v) is 19.7. The lowest BCUT2D eigenvalue weighted by Crippen LogP contribution is -2.35. The fraction of sp³-hybridized carbons (Fsp3) is 0.385. The second-order valence-corrected chi connectivity index (χ2v) is 10.1. The van der Waals surface area contributed by atoms with Crippen LogP contribution in [0.2, 0.25) is 5.02 Å². The molecule has 2 aromatic heterocycles. The molecule has 5 rings (SSSR count). The van der Waals surface area contributed by atoms with Crippen molar-refractivity contribution in [3.05, 3.63) is 58.6 Å². The number of nitrogens with one attached hydrogen (secondary N) is 1. The largest absolute Gasteiger partial charge is 0.367 e. The Kier molecular flexibility index (Phi) is 6.47. The zero-order valence-electron chi connectivity index (χ0n) is 18.1. The number of hydrogen-bond donors (Lipinski definition) is 1. The highest BCUT2D eigenvalue weighted by Gasteiger charge is 2.20. The summed E-state index contributed by atoms with van der Waals surface area (Å²) in [5.74, 6) is 1.03. The molecule has 0 bridgehead atoms. The molecule has 4 nitrogen and oxygen atoms in total. The lowest BCUT2D eigenvalue weighted by molar-refractivity contribution is 0.0724. The maximum Gasteiger partial charge on any atom is 0.253 e. The van der Waals surface area contributed by atoms with Gasteiger partial charge in [0, 0.05) is 46.4 Å². The molecule has 1 amide bonds. The molecule has 0 radical (unpaired) electrons. The van der Waals surface area contributed by atoms with Crippen LogP contribution in [0.15, 0.2) is 48.0 Å². The summed E-state index contributed by atoms with van der Waals surface area (Å²) in [6.45, 7) is 1.69. The second kappa shape index (κ2) is 9.63. The van der Waals surface area contributed by atoms with E-state index in [4.69, 9.17) is 11.6 Å². The molecular formula is C26H28ClN3OS. The van der Waals surface area contributed by atoms with Crippen LogP contribution in [0.3, 0.4) is 0 Å². The Hall–Kier alpha value is -2.37. The summed E-state index contributed by atoms with van der Waals surface area (Å²) < 4.78 is 0. The van der Waals surface area contributed by atoms with E-state index in [1.807, 2.05) is 29.3 Å². The minimum atomic E-state index is 0.0863. The highest BCUT2D eigenvalue weighted by molar-refractivity contribution is 7.14. The van der Waals surface area contributed by atoms with Gasteiger partial charge in [0.2, 0.25) is 0 Å². The van der Waals surface area contributed by atoms with Gasteiger partial charge in [-0.15, -0.1) is 11.3 Å². The van der Waals surface area contributed by atoms with E-state index in [1.54, 1.807) is 11.3 Å². The normalized spacial score (nSPS) is 17.0. The molecule has 1 N–H and O–H groups in total. The van der Waals surface area contributed by atoms with Crippen LogP contribution in [0.25, 0.3) is 21.6 Å². The van der Waals surface area contributed by atoms with E-state index < -0.39 is 0 Å². The van der Waals surface area contributed by atoms with Crippen LogP contribution in [0, 0.1) is 0 Å². The summed E-state index contributed by atoms with van der Waals surface area (Å²) in [5.41, 5.74) is 3.87. The van der Waals surface area contributed by atoms with E-state index in [0.717, 1.165) is 48.4 Å². The number of rotatable bonds is 5. The molecule has 1 aliphatic heterocycles. The minimum absolute atomic E-state index is 0.0863. The number of pyridine rings is 1. The van der Waals surface area contributed by atoms with E-state index in [-0.39, 0.29) is 5.91 Å². The van der Waals surface area contributed by atoms with Crippen LogP contribution in [0.1, 0.15) is 55.3 Å². The van der Waals surface area contributed by atoms with Gasteiger partial charge in [-0.1, -0.05) is 30.5 Å². The molecule has 1 saturated carbocycles. The minimum Gasteiger partial charge on any atom is -0.367 e. The topological polar surface area (TPSA) is 45.2 Å². The SMILES string of the molecule is O=C(c1ccc(-c2csc(-c3ccnc(NC4CCCC4)c3)c2)c(Cl)c1)N1CCCCC1. The molecule has 0 unspecified atom stereocenters. The quantitative estimate of drug-likeness (QED) is 0.436. The van der Waals surface area contributed by atoms with E-state index in [2.05, 4.69) is 33.9 Å². The van der Waals surface area contributed by atoms with E-state index in [1.165, 1.54) is 37.0 Å². The van der Waals surface area contributed by atoms with Crippen molar-refractivity contribution in [2.24, 2.45) is 0 Å². The Bertz CT molecular complexity index is 1100. The number of carbonyl (C=O) groups is 1. The third-order valence-corrected chi connectivity index (χ3v) is 7.81. The maximum absolute atomic E-state index is 12.8. The summed E-state index contributed by atoms with van der Waals surface area (Å²) in [4.78, 5) is 20.4. The molecule has 6 heteroatoms. The van der Waals surface area contributed by atoms with Crippen molar-refractivity contribution in [2.75, 3.05) is 18.4 Å². The van der Waals surface area contributed by atoms with Gasteiger partial charge in [-0.25, -0.2) is 4.98 Å². The Morgan fingerprint density at radius 1 is 1.00 bits per heavy atom. The van der Waals surface area contributed by atoms with E-state index >= 15 is 0 Å². The zero-order chi connectivity index (χ0) is 21.9. The van der Waals surface area contributed by atoms with Crippen LogP contribution in [0.4, 0.5) is 5.82 Å². The first kappa shape index (κ1) is 21.5. The molecule has 3 aromatic rings. The predicted molar refractivity (Wildman–Crippen MR) is 134 cm³/mol. The summed E-state index contributed by atoms with van der Waals surface area (Å²) in [7, 11) is 0. The van der Waals surface area contributed by atoms with Crippen molar-refractivity contribution in [1.29, 1.82) is 0 Å². The number of likely N-dealkylation sites (tertiary alicyclic amines) is 1. The van der Waals surface area contributed by atoms with Crippen molar-refractivity contribution in [1.82, 2.24) is 9.88 Å². The number of hydrogen-bond acceptors (Lipinski definition) is 4. The van der Waals surface area contributed by atoms with Crippen LogP contribution in [-0.2, 0) is 0 Å². The molecule has 166 valence electrons. The number of piperidine rings is 1. The van der Waals surface area contributed by atoms with Crippen molar-refractivity contribution >= 4 is 34.7 Å². The van der Waals surface area contributed by atoms with Crippen LogP contribution >= 0.6 is 22.9 Å². The number of carbonyl (C=O) groups excluding carboxylic acids is 1. The van der Waals surface area contributed by atoms with Crippen LogP contribution < -0.4 is 5.32 Å². The molecule has 0 spiro atoms. The van der Waals surface area contributed by atoms with E-state index in [9.17, 15) is 4.79 Å². The summed E-state index contributed by atoms with van der Waals surface area (Å²) >= 11 is 8.34. The Morgan fingerprint density at radius 2 is 1.81 bits per heavy atom.